The van der Waals surface area contributed by atoms with Crippen LogP contribution in [0.3, 0.4) is 0 Å². The number of rotatable bonds is 11. The van der Waals surface area contributed by atoms with Crippen molar-refractivity contribution in [1.29, 1.82) is 0 Å². The fraction of sp³-hybridized carbons (Fsp3) is 0.700. The van der Waals surface area contributed by atoms with Crippen molar-refractivity contribution in [2.24, 2.45) is 5.92 Å². The van der Waals surface area contributed by atoms with Gasteiger partial charge in [0.1, 0.15) is 0 Å². The number of allylic oxidation sites excluding steroid dienone is 2. The van der Waals surface area contributed by atoms with Gasteiger partial charge in [-0.1, -0.05) is 71.4 Å². The highest BCUT2D eigenvalue weighted by Gasteiger charge is 2.14. The van der Waals surface area contributed by atoms with Crippen molar-refractivity contribution < 1.29 is 14.3 Å². The molecular formula is C20H34O3. The van der Waals surface area contributed by atoms with Crippen LogP contribution in [0.1, 0.15) is 86.0 Å². The minimum Gasteiger partial charge on any atom is -0.386 e. The molecule has 0 aliphatic carbocycles. The van der Waals surface area contributed by atoms with Gasteiger partial charge in [0.2, 0.25) is 0 Å². The summed E-state index contributed by atoms with van der Waals surface area (Å²) in [4.78, 5) is 23.8. The van der Waals surface area contributed by atoms with Gasteiger partial charge in [0.15, 0.2) is 0 Å². The summed E-state index contributed by atoms with van der Waals surface area (Å²) < 4.78 is 4.94. The molecule has 132 valence electrons. The number of ether oxygens (including phenoxy) is 1. The molecule has 0 amide bonds. The maximum Gasteiger partial charge on any atom is 0.341 e. The predicted molar refractivity (Wildman–Crippen MR) is 96.1 cm³/mol. The Hall–Kier alpha value is -1.38. The highest BCUT2D eigenvalue weighted by molar-refractivity contribution is 6.01. The van der Waals surface area contributed by atoms with E-state index >= 15 is 0 Å². The van der Waals surface area contributed by atoms with Gasteiger partial charge in [-0.25, -0.2) is 9.59 Å². The lowest BCUT2D eigenvalue weighted by molar-refractivity contribution is -0.153. The standard InChI is InChI=1S/C20H34O3/c1-6-9-11-12-16(4)19(21)23-20(22)17(5)14-15-18(8-3)13-10-7-2/h12,14,18H,6-11,13,15H2,1-5H3. The van der Waals surface area contributed by atoms with E-state index in [0.29, 0.717) is 17.1 Å². The van der Waals surface area contributed by atoms with E-state index in [1.807, 2.05) is 12.2 Å². The molecule has 0 saturated carbocycles. The molecule has 0 aliphatic rings. The maximum absolute atomic E-state index is 12.0. The summed E-state index contributed by atoms with van der Waals surface area (Å²) in [5.74, 6) is -0.454. The molecule has 0 aromatic rings. The first-order chi connectivity index (χ1) is 11.0. The molecule has 0 bridgehead atoms. The molecule has 0 spiro atoms. The first kappa shape index (κ1) is 21.6. The van der Waals surface area contributed by atoms with Crippen molar-refractivity contribution in [3.05, 3.63) is 23.3 Å². The number of hydrogen-bond acceptors (Lipinski definition) is 3. The molecule has 0 radical (unpaired) electrons. The Balaban J connectivity index is 4.44. The van der Waals surface area contributed by atoms with Crippen LogP contribution in [0.5, 0.6) is 0 Å². The molecule has 3 heteroatoms. The summed E-state index contributed by atoms with van der Waals surface area (Å²) in [6.07, 6.45) is 12.3. The Kier molecular flexibility index (Phi) is 12.3. The summed E-state index contributed by atoms with van der Waals surface area (Å²) in [5.41, 5.74) is 1.03. The van der Waals surface area contributed by atoms with Crippen LogP contribution in [-0.2, 0) is 14.3 Å². The molecule has 0 N–H and O–H groups in total. The second-order valence-corrected chi connectivity index (χ2v) is 6.25. The molecule has 1 unspecified atom stereocenters. The third kappa shape index (κ3) is 10.1. The van der Waals surface area contributed by atoms with Crippen LogP contribution < -0.4 is 0 Å². The first-order valence-corrected chi connectivity index (χ1v) is 9.06. The normalized spacial score (nSPS) is 13.8. The molecule has 0 aromatic carbocycles. The second-order valence-electron chi connectivity index (χ2n) is 6.25. The molecule has 0 saturated heterocycles. The van der Waals surface area contributed by atoms with Crippen molar-refractivity contribution >= 4 is 11.9 Å². The topological polar surface area (TPSA) is 43.4 Å². The summed E-state index contributed by atoms with van der Waals surface area (Å²) in [6.45, 7) is 9.88. The summed E-state index contributed by atoms with van der Waals surface area (Å²) >= 11 is 0. The third-order valence-electron chi connectivity index (χ3n) is 4.14. The summed E-state index contributed by atoms with van der Waals surface area (Å²) in [7, 11) is 0. The van der Waals surface area contributed by atoms with E-state index in [1.165, 1.54) is 19.3 Å². The smallest absolute Gasteiger partial charge is 0.341 e. The average Bonchev–Trinajstić information content (AvgIpc) is 2.54. The average molecular weight is 322 g/mol. The largest absolute Gasteiger partial charge is 0.386 e. The Labute approximate surface area is 142 Å². The minimum absolute atomic E-state index is 0.508. The quantitative estimate of drug-likeness (QED) is 0.211. The van der Waals surface area contributed by atoms with Crippen molar-refractivity contribution in [1.82, 2.24) is 0 Å². The van der Waals surface area contributed by atoms with Crippen LogP contribution >= 0.6 is 0 Å². The van der Waals surface area contributed by atoms with Gasteiger partial charge in [0.05, 0.1) is 0 Å². The first-order valence-electron chi connectivity index (χ1n) is 9.06. The molecule has 0 aromatic heterocycles. The fourth-order valence-electron chi connectivity index (χ4n) is 2.26. The summed E-state index contributed by atoms with van der Waals surface area (Å²) in [6, 6.07) is 0. The SMILES string of the molecule is CCCCC=C(C)C(=O)OC(=O)C(C)=CCC(CC)CCCC. The van der Waals surface area contributed by atoms with Gasteiger partial charge in [0.25, 0.3) is 0 Å². The van der Waals surface area contributed by atoms with Gasteiger partial charge >= 0.3 is 11.9 Å². The van der Waals surface area contributed by atoms with Gasteiger partial charge in [-0.3, -0.25) is 0 Å². The minimum atomic E-state index is -0.531. The van der Waals surface area contributed by atoms with Crippen LogP contribution in [0.25, 0.3) is 0 Å². The molecular weight excluding hydrogens is 288 g/mol. The number of hydrogen-bond donors (Lipinski definition) is 0. The zero-order valence-corrected chi connectivity index (χ0v) is 15.6. The lowest BCUT2D eigenvalue weighted by atomic mass is 9.95. The van der Waals surface area contributed by atoms with Gasteiger partial charge in [-0.15, -0.1) is 0 Å². The van der Waals surface area contributed by atoms with E-state index in [9.17, 15) is 9.59 Å². The van der Waals surface area contributed by atoms with E-state index in [-0.39, 0.29) is 0 Å². The number of carbonyl (C=O) groups is 2. The van der Waals surface area contributed by atoms with Gasteiger partial charge in [-0.05, 0) is 32.6 Å². The lowest BCUT2D eigenvalue weighted by Gasteiger charge is -2.12. The highest BCUT2D eigenvalue weighted by atomic mass is 16.6. The Morgan fingerprint density at radius 2 is 1.48 bits per heavy atom. The van der Waals surface area contributed by atoms with Crippen LogP contribution in [-0.4, -0.2) is 11.9 Å². The monoisotopic (exact) mass is 322 g/mol. The molecule has 0 fully saturated rings. The highest BCUT2D eigenvalue weighted by Crippen LogP contribution is 2.18. The van der Waals surface area contributed by atoms with E-state index in [1.54, 1.807) is 13.8 Å². The van der Waals surface area contributed by atoms with Crippen LogP contribution in [0.4, 0.5) is 0 Å². The summed E-state index contributed by atoms with van der Waals surface area (Å²) in [5, 5.41) is 0. The molecule has 23 heavy (non-hydrogen) atoms. The molecule has 3 nitrogen and oxygen atoms in total. The van der Waals surface area contributed by atoms with Crippen LogP contribution in [0, 0.1) is 5.92 Å². The number of carbonyl (C=O) groups excluding carboxylic acids is 2. The Morgan fingerprint density at radius 1 is 0.913 bits per heavy atom. The van der Waals surface area contributed by atoms with E-state index in [0.717, 1.165) is 32.1 Å². The van der Waals surface area contributed by atoms with Gasteiger partial charge in [-0.2, -0.15) is 0 Å². The lowest BCUT2D eigenvalue weighted by Crippen LogP contribution is -2.14. The maximum atomic E-state index is 12.0. The third-order valence-corrected chi connectivity index (χ3v) is 4.14. The van der Waals surface area contributed by atoms with E-state index < -0.39 is 11.9 Å². The predicted octanol–water partition coefficient (Wildman–Crippen LogP) is 5.75. The van der Waals surface area contributed by atoms with Crippen molar-refractivity contribution in [3.63, 3.8) is 0 Å². The van der Waals surface area contributed by atoms with Crippen molar-refractivity contribution in [2.45, 2.75) is 86.0 Å². The van der Waals surface area contributed by atoms with E-state index in [2.05, 4.69) is 20.8 Å². The second kappa shape index (κ2) is 13.1. The zero-order valence-electron chi connectivity index (χ0n) is 15.6. The Bertz CT molecular complexity index is 419. The Morgan fingerprint density at radius 3 is 2.00 bits per heavy atom. The molecule has 0 rings (SSSR count). The van der Waals surface area contributed by atoms with Crippen LogP contribution in [0.15, 0.2) is 23.3 Å². The van der Waals surface area contributed by atoms with Gasteiger partial charge in [0, 0.05) is 11.1 Å². The van der Waals surface area contributed by atoms with E-state index in [4.69, 9.17) is 4.74 Å². The van der Waals surface area contributed by atoms with Gasteiger partial charge < -0.3 is 4.74 Å². The molecule has 1 atom stereocenters. The number of esters is 2. The molecule has 0 heterocycles. The number of unbranched alkanes of at least 4 members (excludes halogenated alkanes) is 3. The van der Waals surface area contributed by atoms with Crippen molar-refractivity contribution in [2.75, 3.05) is 0 Å². The fourth-order valence-corrected chi connectivity index (χ4v) is 2.26. The zero-order chi connectivity index (χ0) is 17.7. The van der Waals surface area contributed by atoms with Crippen molar-refractivity contribution in [3.8, 4) is 0 Å². The van der Waals surface area contributed by atoms with Crippen LogP contribution in [0.2, 0.25) is 0 Å². The molecule has 0 aliphatic heterocycles.